The first-order valence-electron chi connectivity index (χ1n) is 8.15. The number of carbonyl (C=O) groups is 1. The highest BCUT2D eigenvalue weighted by atomic mass is 35.5. The second-order valence-corrected chi connectivity index (χ2v) is 7.63. The number of sulfonamides is 1. The van der Waals surface area contributed by atoms with E-state index in [4.69, 9.17) is 0 Å². The number of halogens is 2. The molecule has 0 bridgehead atoms. The van der Waals surface area contributed by atoms with Gasteiger partial charge in [0, 0.05) is 19.1 Å². The van der Waals surface area contributed by atoms with Crippen LogP contribution in [0, 0.1) is 5.82 Å². The Kier molecular flexibility index (Phi) is 8.27. The van der Waals surface area contributed by atoms with Crippen molar-refractivity contribution in [2.75, 3.05) is 19.6 Å². The lowest BCUT2D eigenvalue weighted by Gasteiger charge is -2.31. The van der Waals surface area contributed by atoms with Crippen LogP contribution in [0.2, 0.25) is 0 Å². The maximum Gasteiger partial charge on any atom is 0.244 e. The van der Waals surface area contributed by atoms with Crippen LogP contribution in [0.25, 0.3) is 0 Å². The van der Waals surface area contributed by atoms with Crippen molar-refractivity contribution in [2.45, 2.75) is 43.7 Å². The first-order valence-corrected chi connectivity index (χ1v) is 9.63. The molecule has 2 rings (SSSR count). The van der Waals surface area contributed by atoms with Crippen molar-refractivity contribution >= 4 is 28.3 Å². The Morgan fingerprint density at radius 3 is 2.68 bits per heavy atom. The minimum Gasteiger partial charge on any atom is -0.337 e. The molecule has 25 heavy (non-hydrogen) atoms. The molecule has 0 aromatic heterocycles. The van der Waals surface area contributed by atoms with Crippen molar-refractivity contribution < 1.29 is 17.6 Å². The van der Waals surface area contributed by atoms with Gasteiger partial charge in [-0.05, 0) is 38.4 Å². The summed E-state index contributed by atoms with van der Waals surface area (Å²) < 4.78 is 40.7. The van der Waals surface area contributed by atoms with Crippen LogP contribution in [0.5, 0.6) is 0 Å². The first kappa shape index (κ1) is 21.8. The van der Waals surface area contributed by atoms with E-state index in [1.165, 1.54) is 25.1 Å². The molecule has 1 fully saturated rings. The highest BCUT2D eigenvalue weighted by molar-refractivity contribution is 7.89. The van der Waals surface area contributed by atoms with Gasteiger partial charge in [0.2, 0.25) is 15.9 Å². The zero-order chi connectivity index (χ0) is 17.7. The summed E-state index contributed by atoms with van der Waals surface area (Å²) in [6.07, 6.45) is 1.63. The van der Waals surface area contributed by atoms with Crippen LogP contribution in [-0.4, -0.2) is 50.9 Å². The lowest BCUT2D eigenvalue weighted by Crippen LogP contribution is -2.51. The van der Waals surface area contributed by atoms with Crippen LogP contribution in [0.4, 0.5) is 4.39 Å². The first-order chi connectivity index (χ1) is 11.4. The zero-order valence-electron chi connectivity index (χ0n) is 14.4. The van der Waals surface area contributed by atoms with E-state index in [1.54, 1.807) is 4.90 Å². The molecule has 0 aliphatic carbocycles. The van der Waals surface area contributed by atoms with E-state index in [-0.39, 0.29) is 24.4 Å². The van der Waals surface area contributed by atoms with Crippen LogP contribution in [0.1, 0.15) is 26.7 Å². The maximum atomic E-state index is 13.7. The Morgan fingerprint density at radius 2 is 2.12 bits per heavy atom. The van der Waals surface area contributed by atoms with Crippen LogP contribution in [0.15, 0.2) is 29.2 Å². The van der Waals surface area contributed by atoms with Crippen molar-refractivity contribution in [1.82, 2.24) is 14.9 Å². The maximum absolute atomic E-state index is 13.7. The number of carbonyl (C=O) groups excluding carboxylic acids is 1. The number of nitrogens with zero attached hydrogens (tertiary/aromatic N) is 1. The van der Waals surface area contributed by atoms with Gasteiger partial charge < -0.3 is 10.2 Å². The third-order valence-electron chi connectivity index (χ3n) is 4.05. The van der Waals surface area contributed by atoms with E-state index in [0.717, 1.165) is 25.5 Å². The lowest BCUT2D eigenvalue weighted by molar-refractivity contribution is -0.134. The fourth-order valence-corrected chi connectivity index (χ4v) is 4.15. The van der Waals surface area contributed by atoms with E-state index in [9.17, 15) is 17.6 Å². The molecular weight excluding hydrogens is 369 g/mol. The molecule has 1 aromatic rings. The van der Waals surface area contributed by atoms with Crippen LogP contribution in [0.3, 0.4) is 0 Å². The molecule has 1 heterocycles. The van der Waals surface area contributed by atoms with Gasteiger partial charge in [0.05, 0.1) is 6.04 Å². The molecule has 2 atom stereocenters. The average Bonchev–Trinajstić information content (AvgIpc) is 3.05. The number of hydrogen-bond donors (Lipinski definition) is 2. The second-order valence-electron chi connectivity index (χ2n) is 5.95. The smallest absolute Gasteiger partial charge is 0.244 e. The summed E-state index contributed by atoms with van der Waals surface area (Å²) in [5, 5.41) is 3.20. The minimum absolute atomic E-state index is 0. The van der Waals surface area contributed by atoms with Gasteiger partial charge in [-0.1, -0.05) is 19.1 Å². The number of amides is 1. The van der Waals surface area contributed by atoms with Crippen molar-refractivity contribution in [3.05, 3.63) is 30.1 Å². The molecule has 2 unspecified atom stereocenters. The third-order valence-corrected chi connectivity index (χ3v) is 5.63. The van der Waals surface area contributed by atoms with Crippen LogP contribution >= 0.6 is 12.4 Å². The molecule has 0 spiro atoms. The predicted molar refractivity (Wildman–Crippen MR) is 96.7 cm³/mol. The monoisotopic (exact) mass is 393 g/mol. The van der Waals surface area contributed by atoms with Crippen molar-refractivity contribution in [1.29, 1.82) is 0 Å². The summed E-state index contributed by atoms with van der Waals surface area (Å²) in [6.45, 7) is 5.57. The standard InChI is InChI=1S/C16H24FN3O3S.ClH/c1-3-10-20(13-8-9-18-11-13)16(21)12(2)19-24(22,23)15-7-5-4-6-14(15)17;/h4-7,12-13,18-19H,3,8-11H2,1-2H3;1H. The molecule has 1 aromatic carbocycles. The number of benzene rings is 1. The highest BCUT2D eigenvalue weighted by Gasteiger charge is 2.31. The van der Waals surface area contributed by atoms with Crippen molar-refractivity contribution in [3.8, 4) is 0 Å². The molecule has 0 radical (unpaired) electrons. The minimum atomic E-state index is -4.10. The van der Waals surface area contributed by atoms with E-state index in [0.29, 0.717) is 13.1 Å². The molecule has 1 saturated heterocycles. The van der Waals surface area contributed by atoms with Gasteiger partial charge in [-0.3, -0.25) is 4.79 Å². The van der Waals surface area contributed by atoms with E-state index in [2.05, 4.69) is 10.0 Å². The Labute approximate surface area is 154 Å². The van der Waals surface area contributed by atoms with Gasteiger partial charge in [-0.2, -0.15) is 4.72 Å². The number of nitrogens with one attached hydrogen (secondary N) is 2. The van der Waals surface area contributed by atoms with Gasteiger partial charge in [0.25, 0.3) is 0 Å². The summed E-state index contributed by atoms with van der Waals surface area (Å²) in [4.78, 5) is 14.0. The largest absolute Gasteiger partial charge is 0.337 e. The highest BCUT2D eigenvalue weighted by Crippen LogP contribution is 2.15. The molecule has 1 aliphatic heterocycles. The van der Waals surface area contributed by atoms with E-state index >= 15 is 0 Å². The molecule has 142 valence electrons. The average molecular weight is 394 g/mol. The summed E-state index contributed by atoms with van der Waals surface area (Å²) in [5.41, 5.74) is 0. The van der Waals surface area contributed by atoms with Gasteiger partial charge in [0.15, 0.2) is 0 Å². The zero-order valence-corrected chi connectivity index (χ0v) is 16.0. The summed E-state index contributed by atoms with van der Waals surface area (Å²) in [6, 6.07) is 4.23. The quantitative estimate of drug-likeness (QED) is 0.736. The number of rotatable bonds is 7. The normalized spacial score (nSPS) is 18.4. The Balaban J connectivity index is 0.00000312. The van der Waals surface area contributed by atoms with Crippen molar-refractivity contribution in [2.24, 2.45) is 0 Å². The van der Waals surface area contributed by atoms with Gasteiger partial charge in [0.1, 0.15) is 10.7 Å². The van der Waals surface area contributed by atoms with E-state index in [1.807, 2.05) is 6.92 Å². The summed E-state index contributed by atoms with van der Waals surface area (Å²) in [7, 11) is -4.10. The summed E-state index contributed by atoms with van der Waals surface area (Å²) in [5.74, 6) is -1.12. The van der Waals surface area contributed by atoms with E-state index < -0.39 is 26.8 Å². The molecule has 1 amide bonds. The Morgan fingerprint density at radius 1 is 1.44 bits per heavy atom. The molecule has 1 aliphatic rings. The Hall–Kier alpha value is -1.22. The fourth-order valence-electron chi connectivity index (χ4n) is 2.88. The third kappa shape index (κ3) is 5.37. The topological polar surface area (TPSA) is 78.5 Å². The molecule has 6 nitrogen and oxygen atoms in total. The van der Waals surface area contributed by atoms with Crippen LogP contribution in [-0.2, 0) is 14.8 Å². The van der Waals surface area contributed by atoms with Gasteiger partial charge in [-0.25, -0.2) is 12.8 Å². The van der Waals surface area contributed by atoms with Gasteiger partial charge in [-0.15, -0.1) is 12.4 Å². The fraction of sp³-hybridized carbons (Fsp3) is 0.562. The van der Waals surface area contributed by atoms with Gasteiger partial charge >= 0.3 is 0 Å². The lowest BCUT2D eigenvalue weighted by atomic mass is 10.1. The second kappa shape index (κ2) is 9.47. The summed E-state index contributed by atoms with van der Waals surface area (Å²) >= 11 is 0. The predicted octanol–water partition coefficient (Wildman–Crippen LogP) is 1.51. The Bertz CT molecular complexity index is 681. The SMILES string of the molecule is CCCN(C(=O)C(C)NS(=O)(=O)c1ccccc1F)C1CCNC1.Cl. The van der Waals surface area contributed by atoms with Crippen LogP contribution < -0.4 is 10.0 Å². The molecule has 9 heteroatoms. The molecular formula is C16H25ClFN3O3S. The molecule has 0 saturated carbocycles. The number of hydrogen-bond acceptors (Lipinski definition) is 4. The van der Waals surface area contributed by atoms with Crippen molar-refractivity contribution in [3.63, 3.8) is 0 Å². The molecule has 2 N–H and O–H groups in total.